The van der Waals surface area contributed by atoms with Gasteiger partial charge in [-0.3, -0.25) is 0 Å². The van der Waals surface area contributed by atoms with Crippen LogP contribution in [0.4, 0.5) is 0 Å². The largest absolute Gasteiger partial charge is 0.508 e. The summed E-state index contributed by atoms with van der Waals surface area (Å²) in [7, 11) is 2.98. The summed E-state index contributed by atoms with van der Waals surface area (Å²) in [6.07, 6.45) is 3.12. The molecule has 0 spiro atoms. The molecule has 0 saturated heterocycles. The molecular formula is C16H16O5. The highest BCUT2D eigenvalue weighted by Gasteiger charge is 2.12. The highest BCUT2D eigenvalue weighted by Crippen LogP contribution is 2.40. The molecule has 2 aromatic rings. The zero-order valence-electron chi connectivity index (χ0n) is 11.7. The van der Waals surface area contributed by atoms with Crippen molar-refractivity contribution in [3.05, 3.63) is 48.2 Å². The fraction of sp³-hybridized carbons (Fsp3) is 0.125. The van der Waals surface area contributed by atoms with Gasteiger partial charge in [-0.05, 0) is 23.8 Å². The Labute approximate surface area is 122 Å². The highest BCUT2D eigenvalue weighted by molar-refractivity contribution is 5.56. The number of hydrogen-bond acceptors (Lipinski definition) is 5. The lowest BCUT2D eigenvalue weighted by atomic mass is 10.2. The quantitative estimate of drug-likeness (QED) is 0.827. The summed E-state index contributed by atoms with van der Waals surface area (Å²) < 4.78 is 15.6. The Hall–Kier alpha value is -2.82. The first-order chi connectivity index (χ1) is 10.1. The fourth-order valence-corrected chi connectivity index (χ4v) is 1.72. The van der Waals surface area contributed by atoms with Crippen molar-refractivity contribution in [1.29, 1.82) is 0 Å². The molecule has 0 atom stereocenters. The zero-order chi connectivity index (χ0) is 15.2. The first-order valence-corrected chi connectivity index (χ1v) is 6.21. The summed E-state index contributed by atoms with van der Waals surface area (Å²) in [5.41, 5.74) is 0.847. The molecule has 0 heterocycles. The van der Waals surface area contributed by atoms with Gasteiger partial charge in [-0.15, -0.1) is 0 Å². The molecule has 0 bridgehead atoms. The Morgan fingerprint density at radius 3 is 2.29 bits per heavy atom. The van der Waals surface area contributed by atoms with E-state index in [1.54, 1.807) is 36.4 Å². The van der Waals surface area contributed by atoms with E-state index in [0.717, 1.165) is 5.56 Å². The maximum atomic E-state index is 9.92. The third kappa shape index (κ3) is 3.60. The molecule has 110 valence electrons. The molecule has 2 aromatic carbocycles. The van der Waals surface area contributed by atoms with E-state index in [-0.39, 0.29) is 17.2 Å². The molecule has 5 nitrogen and oxygen atoms in total. The first kappa shape index (κ1) is 14.6. The number of hydrogen-bond donors (Lipinski definition) is 2. The normalized spacial score (nSPS) is 10.6. The minimum atomic E-state index is -0.0819. The lowest BCUT2D eigenvalue weighted by Crippen LogP contribution is -1.92. The number of aromatic hydroxyl groups is 2. The average Bonchev–Trinajstić information content (AvgIpc) is 2.50. The lowest BCUT2D eigenvalue weighted by Gasteiger charge is -2.11. The van der Waals surface area contributed by atoms with Crippen molar-refractivity contribution >= 4 is 6.08 Å². The van der Waals surface area contributed by atoms with Gasteiger partial charge in [0.05, 0.1) is 20.5 Å². The van der Waals surface area contributed by atoms with Crippen molar-refractivity contribution in [3.63, 3.8) is 0 Å². The van der Waals surface area contributed by atoms with E-state index in [1.165, 1.54) is 26.5 Å². The molecular weight excluding hydrogens is 272 g/mol. The second kappa shape index (κ2) is 6.56. The smallest absolute Gasteiger partial charge is 0.210 e. The lowest BCUT2D eigenvalue weighted by molar-refractivity contribution is 0.348. The predicted molar refractivity (Wildman–Crippen MR) is 79.0 cm³/mol. The summed E-state index contributed by atoms with van der Waals surface area (Å²) in [5.74, 6) is 1.15. The van der Waals surface area contributed by atoms with E-state index in [2.05, 4.69) is 0 Å². The van der Waals surface area contributed by atoms with E-state index in [9.17, 15) is 10.2 Å². The number of phenols is 2. The molecule has 0 aliphatic heterocycles. The van der Waals surface area contributed by atoms with Crippen LogP contribution < -0.4 is 14.2 Å². The van der Waals surface area contributed by atoms with Crippen LogP contribution in [0.25, 0.3) is 6.08 Å². The van der Waals surface area contributed by atoms with Gasteiger partial charge in [0, 0.05) is 12.1 Å². The van der Waals surface area contributed by atoms with E-state index in [4.69, 9.17) is 14.2 Å². The van der Waals surface area contributed by atoms with Gasteiger partial charge < -0.3 is 24.4 Å². The molecule has 0 amide bonds. The molecule has 0 radical (unpaired) electrons. The Morgan fingerprint density at radius 1 is 0.952 bits per heavy atom. The summed E-state index contributed by atoms with van der Waals surface area (Å²) >= 11 is 0. The SMILES string of the molecule is COc1cc(O)c(O/C=C/c2ccc(O)cc2)c(OC)c1. The van der Waals surface area contributed by atoms with Gasteiger partial charge in [0.15, 0.2) is 11.5 Å². The van der Waals surface area contributed by atoms with Crippen molar-refractivity contribution in [1.82, 2.24) is 0 Å². The standard InChI is InChI=1S/C16H16O5/c1-19-13-9-14(18)16(15(10-13)20-2)21-8-7-11-3-5-12(17)6-4-11/h3-10,17-18H,1-2H3/b8-7+. The summed E-state index contributed by atoms with van der Waals surface area (Å²) in [6, 6.07) is 9.67. The van der Waals surface area contributed by atoms with Crippen molar-refractivity contribution in [2.45, 2.75) is 0 Å². The third-order valence-corrected chi connectivity index (χ3v) is 2.80. The number of rotatable bonds is 5. The average molecular weight is 288 g/mol. The maximum Gasteiger partial charge on any atom is 0.210 e. The van der Waals surface area contributed by atoms with Crippen molar-refractivity contribution in [2.24, 2.45) is 0 Å². The van der Waals surface area contributed by atoms with Crippen LogP contribution >= 0.6 is 0 Å². The zero-order valence-corrected chi connectivity index (χ0v) is 11.7. The van der Waals surface area contributed by atoms with Crippen LogP contribution in [0, 0.1) is 0 Å². The van der Waals surface area contributed by atoms with Gasteiger partial charge in [-0.1, -0.05) is 12.1 Å². The summed E-state index contributed by atoms with van der Waals surface area (Å²) in [6.45, 7) is 0. The van der Waals surface area contributed by atoms with Gasteiger partial charge in [0.25, 0.3) is 0 Å². The fourth-order valence-electron chi connectivity index (χ4n) is 1.72. The Balaban J connectivity index is 2.17. The number of benzene rings is 2. The van der Waals surface area contributed by atoms with Gasteiger partial charge in [-0.2, -0.15) is 0 Å². The minimum Gasteiger partial charge on any atom is -0.508 e. The molecule has 0 aliphatic rings. The van der Waals surface area contributed by atoms with Crippen molar-refractivity contribution < 1.29 is 24.4 Å². The highest BCUT2D eigenvalue weighted by atomic mass is 16.5. The van der Waals surface area contributed by atoms with Gasteiger partial charge in [0.2, 0.25) is 5.75 Å². The van der Waals surface area contributed by atoms with E-state index >= 15 is 0 Å². The van der Waals surface area contributed by atoms with Crippen LogP contribution in [0.1, 0.15) is 5.56 Å². The van der Waals surface area contributed by atoms with Crippen molar-refractivity contribution in [3.8, 4) is 28.7 Å². The Morgan fingerprint density at radius 2 is 1.67 bits per heavy atom. The van der Waals surface area contributed by atoms with E-state index in [1.807, 2.05) is 0 Å². The van der Waals surface area contributed by atoms with Crippen LogP contribution in [-0.2, 0) is 0 Å². The predicted octanol–water partition coefficient (Wildman–Crippen LogP) is 3.16. The van der Waals surface area contributed by atoms with Crippen LogP contribution in [-0.4, -0.2) is 24.4 Å². The molecule has 0 aliphatic carbocycles. The number of ether oxygens (including phenoxy) is 3. The molecule has 0 saturated carbocycles. The molecule has 2 rings (SSSR count). The minimum absolute atomic E-state index is 0.0819. The second-order valence-corrected chi connectivity index (χ2v) is 4.19. The van der Waals surface area contributed by atoms with E-state index in [0.29, 0.717) is 11.5 Å². The molecule has 21 heavy (non-hydrogen) atoms. The first-order valence-electron chi connectivity index (χ1n) is 6.21. The number of methoxy groups -OCH3 is 2. The topological polar surface area (TPSA) is 68.2 Å². The molecule has 5 heteroatoms. The summed E-state index contributed by atoms with van der Waals surface area (Å²) in [4.78, 5) is 0. The monoisotopic (exact) mass is 288 g/mol. The molecule has 0 aromatic heterocycles. The summed E-state index contributed by atoms with van der Waals surface area (Å²) in [5, 5.41) is 19.1. The second-order valence-electron chi connectivity index (χ2n) is 4.19. The van der Waals surface area contributed by atoms with Gasteiger partial charge in [0.1, 0.15) is 11.5 Å². The molecule has 0 fully saturated rings. The third-order valence-electron chi connectivity index (χ3n) is 2.80. The Kier molecular flexibility index (Phi) is 4.56. The van der Waals surface area contributed by atoms with E-state index < -0.39 is 0 Å². The van der Waals surface area contributed by atoms with Gasteiger partial charge >= 0.3 is 0 Å². The number of phenolic OH excluding ortho intramolecular Hbond substituents is 2. The van der Waals surface area contributed by atoms with Gasteiger partial charge in [-0.25, -0.2) is 0 Å². The Bertz CT molecular complexity index is 632. The van der Waals surface area contributed by atoms with Crippen LogP contribution in [0.5, 0.6) is 28.7 Å². The maximum absolute atomic E-state index is 9.92. The van der Waals surface area contributed by atoms with Crippen LogP contribution in [0.3, 0.4) is 0 Å². The van der Waals surface area contributed by atoms with Crippen molar-refractivity contribution in [2.75, 3.05) is 14.2 Å². The van der Waals surface area contributed by atoms with Crippen LogP contribution in [0.2, 0.25) is 0 Å². The molecule has 2 N–H and O–H groups in total. The molecule has 0 unspecified atom stereocenters. The van der Waals surface area contributed by atoms with Crippen LogP contribution in [0.15, 0.2) is 42.7 Å².